The third-order valence-electron chi connectivity index (χ3n) is 1.54. The van der Waals surface area contributed by atoms with Gasteiger partial charge in [-0.2, -0.15) is 8.42 Å². The van der Waals surface area contributed by atoms with Crippen molar-refractivity contribution in [1.29, 1.82) is 0 Å². The molecule has 0 aliphatic heterocycles. The predicted molar refractivity (Wildman–Crippen MR) is 58.8 cm³/mol. The topological polar surface area (TPSA) is 139 Å². The second-order valence-corrected chi connectivity index (χ2v) is 4.78. The minimum absolute atomic E-state index is 0.309. The van der Waals surface area contributed by atoms with E-state index in [0.29, 0.717) is 0 Å². The van der Waals surface area contributed by atoms with Crippen LogP contribution < -0.4 is 10.6 Å². The molecule has 0 rings (SSSR count). The largest absolute Gasteiger partial charge is 0.444 e. The van der Waals surface area contributed by atoms with Crippen molar-refractivity contribution < 1.29 is 32.1 Å². The highest BCUT2D eigenvalue weighted by Gasteiger charge is 2.11. The van der Waals surface area contributed by atoms with Crippen LogP contribution in [0.15, 0.2) is 0 Å². The first-order valence-electron chi connectivity index (χ1n) is 4.82. The van der Waals surface area contributed by atoms with Gasteiger partial charge in [-0.15, -0.1) is 0 Å². The maximum atomic E-state index is 11.1. The van der Waals surface area contributed by atoms with Gasteiger partial charge in [-0.1, -0.05) is 0 Å². The minimum Gasteiger partial charge on any atom is -0.444 e. The molecule has 9 nitrogen and oxygen atoms in total. The molecule has 0 saturated carbocycles. The van der Waals surface area contributed by atoms with Gasteiger partial charge in [0.25, 0.3) is 10.1 Å². The van der Waals surface area contributed by atoms with Crippen LogP contribution in [0.2, 0.25) is 0 Å². The zero-order valence-electron chi connectivity index (χ0n) is 9.63. The summed E-state index contributed by atoms with van der Waals surface area (Å²) in [6.07, 6.45) is -0.606. The van der Waals surface area contributed by atoms with Crippen LogP contribution in [0.5, 0.6) is 0 Å². The van der Waals surface area contributed by atoms with Crippen LogP contribution in [0.3, 0.4) is 0 Å². The molecule has 0 aromatic rings. The van der Waals surface area contributed by atoms with E-state index >= 15 is 0 Å². The van der Waals surface area contributed by atoms with Crippen LogP contribution in [-0.2, 0) is 29.2 Å². The summed E-state index contributed by atoms with van der Waals surface area (Å²) in [6.45, 7) is 0.582. The van der Waals surface area contributed by atoms with Gasteiger partial charge in [0, 0.05) is 13.5 Å². The van der Waals surface area contributed by atoms with Crippen molar-refractivity contribution in [3.8, 4) is 0 Å². The van der Waals surface area contributed by atoms with E-state index in [-0.39, 0.29) is 19.2 Å². The maximum Gasteiger partial charge on any atom is 0.317 e. The molecule has 0 bridgehead atoms. The molecular formula is C8H14N2O7S. The first-order valence-corrected chi connectivity index (χ1v) is 6.43. The normalized spacial score (nSPS) is 10.6. The van der Waals surface area contributed by atoms with Gasteiger partial charge >= 0.3 is 5.97 Å². The van der Waals surface area contributed by atoms with Gasteiger partial charge in [0.1, 0.15) is 6.42 Å². The summed E-state index contributed by atoms with van der Waals surface area (Å²) in [6, 6.07) is 0. The second kappa shape index (κ2) is 7.61. The molecule has 10 heteroatoms. The maximum absolute atomic E-state index is 11.1. The van der Waals surface area contributed by atoms with Crippen LogP contribution in [-0.4, -0.2) is 49.8 Å². The van der Waals surface area contributed by atoms with E-state index in [0.717, 1.165) is 0 Å². The molecule has 0 radical (unpaired) electrons. The summed E-state index contributed by atoms with van der Waals surface area (Å²) in [4.78, 5) is 32.5. The lowest BCUT2D eigenvalue weighted by molar-refractivity contribution is -0.147. The number of esters is 1. The molecule has 0 aliphatic rings. The smallest absolute Gasteiger partial charge is 0.317 e. The Morgan fingerprint density at radius 1 is 1.22 bits per heavy atom. The van der Waals surface area contributed by atoms with E-state index < -0.39 is 34.2 Å². The summed E-state index contributed by atoms with van der Waals surface area (Å²) in [5.74, 6) is -2.64. The Kier molecular flexibility index (Phi) is 6.90. The Labute approximate surface area is 104 Å². The lowest BCUT2D eigenvalue weighted by atomic mass is 10.4. The van der Waals surface area contributed by atoms with Crippen molar-refractivity contribution in [2.75, 3.05) is 19.0 Å². The van der Waals surface area contributed by atoms with Gasteiger partial charge in [0.2, 0.25) is 11.8 Å². The molecular weight excluding hydrogens is 268 g/mol. The van der Waals surface area contributed by atoms with E-state index in [4.69, 9.17) is 4.55 Å². The molecule has 0 aromatic heterocycles. The summed E-state index contributed by atoms with van der Waals surface area (Å²) >= 11 is 0. The van der Waals surface area contributed by atoms with E-state index in [9.17, 15) is 22.8 Å². The minimum atomic E-state index is -4.15. The lowest BCUT2D eigenvalue weighted by Gasteiger charge is -2.05. The fraction of sp³-hybridized carbons (Fsp3) is 0.625. The molecule has 18 heavy (non-hydrogen) atoms. The van der Waals surface area contributed by atoms with E-state index in [1.807, 2.05) is 0 Å². The molecule has 0 unspecified atom stereocenters. The predicted octanol–water partition coefficient (Wildman–Crippen LogP) is -1.98. The summed E-state index contributed by atoms with van der Waals surface area (Å²) < 4.78 is 33.5. The first kappa shape index (κ1) is 16.3. The first-order chi connectivity index (χ1) is 8.20. The van der Waals surface area contributed by atoms with Crippen molar-refractivity contribution in [3.63, 3.8) is 0 Å². The summed E-state index contributed by atoms with van der Waals surface area (Å²) in [5.41, 5.74) is 0. The zero-order valence-corrected chi connectivity index (χ0v) is 10.4. The van der Waals surface area contributed by atoms with Gasteiger partial charge in [-0.3, -0.25) is 18.9 Å². The number of carbonyl (C=O) groups is 3. The average molecular weight is 282 g/mol. The molecule has 0 atom stereocenters. The molecule has 0 aliphatic carbocycles. The third-order valence-corrected chi connectivity index (χ3v) is 2.26. The standard InChI is InChI=1S/C8H14N2O7S/c1-6(11)10-5-17-8(13)4-7(12)9-2-3-18(14,15)16/h2-5H2,1H3,(H,9,12)(H,10,11)(H,14,15,16). The molecule has 104 valence electrons. The Balaban J connectivity index is 3.74. The molecule has 0 aromatic carbocycles. The number of amides is 2. The highest BCUT2D eigenvalue weighted by atomic mass is 32.2. The van der Waals surface area contributed by atoms with Crippen LogP contribution >= 0.6 is 0 Å². The number of nitrogens with one attached hydrogen (secondary N) is 2. The zero-order chi connectivity index (χ0) is 14.2. The second-order valence-electron chi connectivity index (χ2n) is 3.21. The van der Waals surface area contributed by atoms with E-state index in [1.165, 1.54) is 6.92 Å². The fourth-order valence-electron chi connectivity index (χ4n) is 0.782. The van der Waals surface area contributed by atoms with Crippen molar-refractivity contribution in [2.24, 2.45) is 0 Å². The Hall–Kier alpha value is -1.68. The summed E-state index contributed by atoms with van der Waals surface area (Å²) in [7, 11) is -4.15. The van der Waals surface area contributed by atoms with Crippen LogP contribution in [0, 0.1) is 0 Å². The van der Waals surface area contributed by atoms with Crippen molar-refractivity contribution in [3.05, 3.63) is 0 Å². The van der Waals surface area contributed by atoms with Crippen LogP contribution in [0.25, 0.3) is 0 Å². The number of rotatable bonds is 7. The van der Waals surface area contributed by atoms with Crippen molar-refractivity contribution >= 4 is 27.9 Å². The van der Waals surface area contributed by atoms with Gasteiger partial charge < -0.3 is 15.4 Å². The molecule has 3 N–H and O–H groups in total. The van der Waals surface area contributed by atoms with Gasteiger partial charge in [-0.05, 0) is 0 Å². The van der Waals surface area contributed by atoms with E-state index in [1.54, 1.807) is 0 Å². The molecule has 0 heterocycles. The van der Waals surface area contributed by atoms with Crippen LogP contribution in [0.4, 0.5) is 0 Å². The Morgan fingerprint density at radius 3 is 2.33 bits per heavy atom. The van der Waals surface area contributed by atoms with Gasteiger partial charge in [0.15, 0.2) is 6.73 Å². The highest BCUT2D eigenvalue weighted by molar-refractivity contribution is 7.85. The van der Waals surface area contributed by atoms with Crippen molar-refractivity contribution in [2.45, 2.75) is 13.3 Å². The third kappa shape index (κ3) is 10.8. The number of ether oxygens (including phenoxy) is 1. The number of hydrogen-bond acceptors (Lipinski definition) is 6. The number of hydrogen-bond donors (Lipinski definition) is 3. The quantitative estimate of drug-likeness (QED) is 0.213. The average Bonchev–Trinajstić information content (AvgIpc) is 2.14. The molecule has 0 saturated heterocycles. The molecule has 0 fully saturated rings. The van der Waals surface area contributed by atoms with E-state index in [2.05, 4.69) is 15.4 Å². The molecule has 0 spiro atoms. The number of carbonyl (C=O) groups excluding carboxylic acids is 3. The SMILES string of the molecule is CC(=O)NCOC(=O)CC(=O)NCCS(=O)(=O)O. The fourth-order valence-corrected chi connectivity index (χ4v) is 1.14. The van der Waals surface area contributed by atoms with Crippen LogP contribution in [0.1, 0.15) is 13.3 Å². The molecule has 2 amide bonds. The Morgan fingerprint density at radius 2 is 1.83 bits per heavy atom. The summed E-state index contributed by atoms with van der Waals surface area (Å²) in [5, 5.41) is 4.29. The van der Waals surface area contributed by atoms with Crippen molar-refractivity contribution in [1.82, 2.24) is 10.6 Å². The lowest BCUT2D eigenvalue weighted by Crippen LogP contribution is -2.32. The van der Waals surface area contributed by atoms with Gasteiger partial charge in [0.05, 0.1) is 5.75 Å². The monoisotopic (exact) mass is 282 g/mol. The highest BCUT2D eigenvalue weighted by Crippen LogP contribution is 1.86. The Bertz CT molecular complexity index is 417. The van der Waals surface area contributed by atoms with Gasteiger partial charge in [-0.25, -0.2) is 0 Å².